The molecule has 11 heavy (non-hydrogen) atoms. The Balaban J connectivity index is 3.02. The molecule has 4 heteroatoms. The molecule has 0 unspecified atom stereocenters. The molecule has 68 valence electrons. The lowest BCUT2D eigenvalue weighted by Crippen LogP contribution is -2.57. The van der Waals surface area contributed by atoms with Crippen molar-refractivity contribution >= 4 is 0 Å². The summed E-state index contributed by atoms with van der Waals surface area (Å²) in [5, 5.41) is 0. The Kier molecular flexibility index (Phi) is 5.41. The minimum atomic E-state index is 0.0859. The Morgan fingerprint density at radius 1 is 1.00 bits per heavy atom. The fourth-order valence-corrected chi connectivity index (χ4v) is 0.950. The summed E-state index contributed by atoms with van der Waals surface area (Å²) in [6.07, 6.45) is 4.57. The molecule has 0 aromatic heterocycles. The van der Waals surface area contributed by atoms with Crippen molar-refractivity contribution in [3.05, 3.63) is 0 Å². The number of nitrogens with two attached hydrogens (primary N) is 3. The first-order valence-corrected chi connectivity index (χ1v) is 4.19. The molecule has 0 heterocycles. The van der Waals surface area contributed by atoms with Gasteiger partial charge < -0.3 is 5.73 Å². The van der Waals surface area contributed by atoms with Crippen LogP contribution in [0.15, 0.2) is 0 Å². The van der Waals surface area contributed by atoms with Crippen LogP contribution in [0.25, 0.3) is 0 Å². The summed E-state index contributed by atoms with van der Waals surface area (Å²) in [6.45, 7) is 1.63. The lowest BCUT2D eigenvalue weighted by atomic mass is 10.2. The Morgan fingerprint density at radius 2 is 1.55 bits per heavy atom. The Bertz CT molecular complexity index is 86.9. The van der Waals surface area contributed by atoms with Crippen molar-refractivity contribution in [3.8, 4) is 0 Å². The first-order chi connectivity index (χ1) is 5.06. The van der Waals surface area contributed by atoms with E-state index in [1.807, 2.05) is 0 Å². The van der Waals surface area contributed by atoms with Gasteiger partial charge in [-0.3, -0.25) is 0 Å². The molecule has 0 bridgehead atoms. The van der Waals surface area contributed by atoms with Crippen LogP contribution in [-0.4, -0.2) is 24.8 Å². The van der Waals surface area contributed by atoms with Gasteiger partial charge in [-0.2, -0.15) is 16.4 Å². The molecule has 0 rings (SSSR count). The van der Waals surface area contributed by atoms with Crippen molar-refractivity contribution in [2.45, 2.75) is 25.7 Å². The maximum atomic E-state index is 5.54. The van der Waals surface area contributed by atoms with Gasteiger partial charge >= 0.3 is 0 Å². The van der Waals surface area contributed by atoms with E-state index in [1.165, 1.54) is 12.8 Å². The highest BCUT2D eigenvalue weighted by atomic mass is 15.7. The van der Waals surface area contributed by atoms with E-state index in [2.05, 4.69) is 0 Å². The van der Waals surface area contributed by atoms with Gasteiger partial charge in [-0.15, -0.1) is 0 Å². The summed E-state index contributed by atoms with van der Waals surface area (Å²) >= 11 is 0. The van der Waals surface area contributed by atoms with E-state index < -0.39 is 0 Å². The minimum absolute atomic E-state index is 0.0859. The number of hydrogen-bond acceptors (Lipinski definition) is 3. The van der Waals surface area contributed by atoms with Crippen molar-refractivity contribution < 1.29 is 4.70 Å². The van der Waals surface area contributed by atoms with Crippen LogP contribution in [0.5, 0.6) is 0 Å². The molecule has 6 N–H and O–H groups in total. The van der Waals surface area contributed by atoms with Gasteiger partial charge in [-0.1, -0.05) is 6.42 Å². The van der Waals surface area contributed by atoms with Crippen molar-refractivity contribution in [2.24, 2.45) is 17.4 Å². The zero-order valence-corrected chi connectivity index (χ0v) is 7.42. The van der Waals surface area contributed by atoms with Gasteiger partial charge in [-0.05, 0) is 19.4 Å². The maximum Gasteiger partial charge on any atom is 0.114 e. The highest BCUT2D eigenvalue weighted by molar-refractivity contribution is 4.42. The second-order valence-electron chi connectivity index (χ2n) is 3.27. The van der Waals surface area contributed by atoms with Gasteiger partial charge in [0.25, 0.3) is 0 Å². The zero-order valence-electron chi connectivity index (χ0n) is 7.42. The second-order valence-corrected chi connectivity index (χ2v) is 3.27. The molecule has 0 fully saturated rings. The van der Waals surface area contributed by atoms with Gasteiger partial charge in [0.05, 0.1) is 0 Å². The third kappa shape index (κ3) is 9.84. The van der Waals surface area contributed by atoms with E-state index in [1.54, 1.807) is 7.05 Å². The number of hydrogen-bond donors (Lipinski definition) is 3. The van der Waals surface area contributed by atoms with E-state index in [0.717, 1.165) is 25.9 Å². The molecule has 0 aromatic rings. The molecule has 0 aromatic carbocycles. The molecule has 0 amide bonds. The van der Waals surface area contributed by atoms with Crippen molar-refractivity contribution in [1.29, 1.82) is 0 Å². The molecule has 0 aliphatic rings. The molecule has 0 spiro atoms. The fourth-order valence-electron chi connectivity index (χ4n) is 0.950. The van der Waals surface area contributed by atoms with Gasteiger partial charge in [-0.25, -0.2) is 0 Å². The van der Waals surface area contributed by atoms with Crippen LogP contribution in [0, 0.1) is 0 Å². The number of nitrogens with zero attached hydrogens (tertiary/aromatic N) is 1. The largest absolute Gasteiger partial charge is 0.330 e. The van der Waals surface area contributed by atoms with E-state index in [9.17, 15) is 0 Å². The summed E-state index contributed by atoms with van der Waals surface area (Å²) in [5.41, 5.74) is 5.34. The first kappa shape index (κ1) is 10.8. The van der Waals surface area contributed by atoms with Crippen molar-refractivity contribution in [1.82, 2.24) is 0 Å². The Hall–Kier alpha value is -0.160. The van der Waals surface area contributed by atoms with Crippen LogP contribution < -0.4 is 17.4 Å². The Labute approximate surface area is 68.9 Å². The molecule has 0 saturated carbocycles. The molecular formula is C7H21N4+. The fraction of sp³-hybridized carbons (Fsp3) is 1.00. The molecule has 0 aliphatic carbocycles. The first-order valence-electron chi connectivity index (χ1n) is 4.19. The van der Waals surface area contributed by atoms with Crippen LogP contribution >= 0.6 is 0 Å². The van der Waals surface area contributed by atoms with Crippen LogP contribution in [0.3, 0.4) is 0 Å². The summed E-state index contributed by atoms with van der Waals surface area (Å²) < 4.78 is 0.0859. The van der Waals surface area contributed by atoms with Gasteiger partial charge in [0.2, 0.25) is 0 Å². The minimum Gasteiger partial charge on any atom is -0.330 e. The lowest BCUT2D eigenvalue weighted by Gasteiger charge is -2.20. The van der Waals surface area contributed by atoms with Gasteiger partial charge in [0, 0.05) is 6.42 Å². The molecule has 0 aliphatic heterocycles. The van der Waals surface area contributed by atoms with Crippen LogP contribution in [0.1, 0.15) is 25.7 Å². The lowest BCUT2D eigenvalue weighted by molar-refractivity contribution is -0.933. The second kappa shape index (κ2) is 5.49. The average molecular weight is 161 g/mol. The molecule has 0 atom stereocenters. The zero-order chi connectivity index (χ0) is 8.74. The predicted octanol–water partition coefficient (Wildman–Crippen LogP) is -0.301. The Morgan fingerprint density at radius 3 is 2.00 bits per heavy atom. The van der Waals surface area contributed by atoms with Crippen LogP contribution in [0.4, 0.5) is 0 Å². The van der Waals surface area contributed by atoms with E-state index >= 15 is 0 Å². The third-order valence-electron chi connectivity index (χ3n) is 1.59. The summed E-state index contributed by atoms with van der Waals surface area (Å²) in [7, 11) is 1.79. The summed E-state index contributed by atoms with van der Waals surface area (Å²) in [5.74, 6) is 11.1. The summed E-state index contributed by atoms with van der Waals surface area (Å²) in [4.78, 5) is 0. The van der Waals surface area contributed by atoms with E-state index in [-0.39, 0.29) is 4.70 Å². The quantitative estimate of drug-likeness (QED) is 0.216. The molecular weight excluding hydrogens is 140 g/mol. The van der Waals surface area contributed by atoms with Crippen LogP contribution in [-0.2, 0) is 0 Å². The van der Waals surface area contributed by atoms with Crippen molar-refractivity contribution in [2.75, 3.05) is 20.1 Å². The van der Waals surface area contributed by atoms with Gasteiger partial charge in [0.1, 0.15) is 13.6 Å². The molecule has 0 radical (unpaired) electrons. The van der Waals surface area contributed by atoms with E-state index in [4.69, 9.17) is 17.4 Å². The topological polar surface area (TPSA) is 78.1 Å². The van der Waals surface area contributed by atoms with Crippen molar-refractivity contribution in [3.63, 3.8) is 0 Å². The molecule has 4 nitrogen and oxygen atoms in total. The van der Waals surface area contributed by atoms with Crippen LogP contribution in [0.2, 0.25) is 0 Å². The molecule has 0 saturated heterocycles. The monoisotopic (exact) mass is 161 g/mol. The smallest absolute Gasteiger partial charge is 0.114 e. The third-order valence-corrected chi connectivity index (χ3v) is 1.59. The normalized spacial score (nSPS) is 12.0. The highest BCUT2D eigenvalue weighted by Gasteiger charge is 2.07. The number of unbranched alkanes of at least 4 members (excludes halogenated alkanes) is 3. The summed E-state index contributed by atoms with van der Waals surface area (Å²) in [6, 6.07) is 0. The predicted molar refractivity (Wildman–Crippen MR) is 46.9 cm³/mol. The van der Waals surface area contributed by atoms with E-state index in [0.29, 0.717) is 0 Å². The maximum absolute atomic E-state index is 5.54. The SMILES string of the molecule is C[N+](N)(N)CCCCCCN. The standard InChI is InChI=1S/C7H21N4/c1-11(9,10)7-5-3-2-4-6-8/h2-10H2,1H3/q+1. The van der Waals surface area contributed by atoms with Gasteiger partial charge in [0.15, 0.2) is 0 Å². The number of quaternary nitrogens is 1. The number of rotatable bonds is 6. The highest BCUT2D eigenvalue weighted by Crippen LogP contribution is 1.99. The average Bonchev–Trinajstić information content (AvgIpc) is 1.85.